The van der Waals surface area contributed by atoms with E-state index in [1.807, 2.05) is 25.1 Å². The third-order valence-corrected chi connectivity index (χ3v) is 4.64. The number of piperidine rings is 1. The molecule has 20 heavy (non-hydrogen) atoms. The number of nitrogens with one attached hydrogen (secondary N) is 1. The van der Waals surface area contributed by atoms with Crippen molar-refractivity contribution in [3.8, 4) is 17.0 Å². The number of rotatable bonds is 4. The normalized spacial score (nSPS) is 18.9. The van der Waals surface area contributed by atoms with Gasteiger partial charge < -0.3 is 10.1 Å². The van der Waals surface area contributed by atoms with E-state index in [1.54, 1.807) is 11.3 Å². The highest BCUT2D eigenvalue weighted by molar-refractivity contribution is 7.10. The van der Waals surface area contributed by atoms with E-state index in [4.69, 9.17) is 9.72 Å². The molecule has 3 rings (SSSR count). The minimum absolute atomic E-state index is 0.571. The first-order chi connectivity index (χ1) is 9.88. The zero-order chi connectivity index (χ0) is 13.8. The van der Waals surface area contributed by atoms with Crippen molar-refractivity contribution in [3.05, 3.63) is 34.7 Å². The second kappa shape index (κ2) is 6.37. The van der Waals surface area contributed by atoms with Gasteiger partial charge in [-0.2, -0.15) is 0 Å². The number of thiazole rings is 1. The Balaban J connectivity index is 1.86. The van der Waals surface area contributed by atoms with Crippen LogP contribution in [-0.4, -0.2) is 24.7 Å². The van der Waals surface area contributed by atoms with Crippen LogP contribution < -0.4 is 10.1 Å². The van der Waals surface area contributed by atoms with Crippen LogP contribution in [0.15, 0.2) is 29.6 Å². The molecular formula is C16H20N2OS. The molecule has 0 saturated carbocycles. The smallest absolute Gasteiger partial charge is 0.128 e. The van der Waals surface area contributed by atoms with E-state index < -0.39 is 0 Å². The second-order valence-corrected chi connectivity index (χ2v) is 5.93. The molecule has 1 aromatic heterocycles. The van der Waals surface area contributed by atoms with Gasteiger partial charge in [0.2, 0.25) is 0 Å². The summed E-state index contributed by atoms with van der Waals surface area (Å²) in [5.74, 6) is 1.50. The molecule has 0 spiro atoms. The van der Waals surface area contributed by atoms with Crippen LogP contribution >= 0.6 is 11.3 Å². The van der Waals surface area contributed by atoms with Crippen molar-refractivity contribution in [1.29, 1.82) is 0 Å². The van der Waals surface area contributed by atoms with Gasteiger partial charge in [0.25, 0.3) is 0 Å². The monoisotopic (exact) mass is 288 g/mol. The highest BCUT2D eigenvalue weighted by Crippen LogP contribution is 2.34. The lowest BCUT2D eigenvalue weighted by molar-refractivity contribution is 0.341. The first-order valence-electron chi connectivity index (χ1n) is 7.27. The lowest BCUT2D eigenvalue weighted by Gasteiger charge is -2.20. The predicted molar refractivity (Wildman–Crippen MR) is 83.6 cm³/mol. The van der Waals surface area contributed by atoms with Crippen molar-refractivity contribution in [2.45, 2.75) is 25.7 Å². The van der Waals surface area contributed by atoms with Gasteiger partial charge in [0, 0.05) is 23.4 Å². The summed E-state index contributed by atoms with van der Waals surface area (Å²) in [5, 5.41) is 6.86. The fraction of sp³-hybridized carbons (Fsp3) is 0.438. The first kappa shape index (κ1) is 13.6. The van der Waals surface area contributed by atoms with E-state index in [1.165, 1.54) is 17.8 Å². The topological polar surface area (TPSA) is 34.1 Å². The van der Waals surface area contributed by atoms with Gasteiger partial charge >= 0.3 is 0 Å². The Kier molecular flexibility index (Phi) is 4.33. The fourth-order valence-corrected chi connectivity index (χ4v) is 3.58. The van der Waals surface area contributed by atoms with Crippen LogP contribution in [0.5, 0.6) is 5.75 Å². The van der Waals surface area contributed by atoms with E-state index >= 15 is 0 Å². The molecule has 1 unspecified atom stereocenters. The Labute approximate surface area is 124 Å². The largest absolute Gasteiger partial charge is 0.493 e. The molecule has 2 heterocycles. The molecule has 1 N–H and O–H groups in total. The molecule has 1 aliphatic heterocycles. The van der Waals surface area contributed by atoms with Crippen LogP contribution in [0.25, 0.3) is 11.3 Å². The molecule has 1 atom stereocenters. The first-order valence-corrected chi connectivity index (χ1v) is 8.14. The van der Waals surface area contributed by atoms with Crippen molar-refractivity contribution >= 4 is 11.3 Å². The summed E-state index contributed by atoms with van der Waals surface area (Å²) in [6, 6.07) is 8.15. The van der Waals surface area contributed by atoms with Gasteiger partial charge in [0.05, 0.1) is 17.3 Å². The van der Waals surface area contributed by atoms with Gasteiger partial charge in [-0.3, -0.25) is 0 Å². The highest BCUT2D eigenvalue weighted by atomic mass is 32.1. The summed E-state index contributed by atoms with van der Waals surface area (Å²) in [6.07, 6.45) is 2.49. The molecule has 1 saturated heterocycles. The number of aromatic nitrogens is 1. The molecule has 3 nitrogen and oxygen atoms in total. The molecule has 0 radical (unpaired) electrons. The average Bonchev–Trinajstić information content (AvgIpc) is 2.99. The van der Waals surface area contributed by atoms with Crippen molar-refractivity contribution in [1.82, 2.24) is 10.3 Å². The molecular weight excluding hydrogens is 268 g/mol. The Hall–Kier alpha value is -1.39. The zero-order valence-electron chi connectivity index (χ0n) is 11.8. The lowest BCUT2D eigenvalue weighted by atomic mass is 10.0. The number of para-hydroxylation sites is 1. The summed E-state index contributed by atoms with van der Waals surface area (Å²) in [5.41, 5.74) is 2.14. The number of hydrogen-bond acceptors (Lipinski definition) is 4. The van der Waals surface area contributed by atoms with E-state index in [0.717, 1.165) is 30.1 Å². The zero-order valence-corrected chi connectivity index (χ0v) is 12.6. The SMILES string of the molecule is CCOc1ccccc1-c1csc(C2CCCNC2)n1. The maximum absolute atomic E-state index is 5.70. The van der Waals surface area contributed by atoms with Crippen LogP contribution in [0.2, 0.25) is 0 Å². The number of benzene rings is 1. The average molecular weight is 288 g/mol. The minimum Gasteiger partial charge on any atom is -0.493 e. The van der Waals surface area contributed by atoms with Crippen molar-refractivity contribution in [2.75, 3.05) is 19.7 Å². The molecule has 0 aliphatic carbocycles. The summed E-state index contributed by atoms with van der Waals surface area (Å²) in [4.78, 5) is 4.85. The van der Waals surface area contributed by atoms with Gasteiger partial charge in [-0.25, -0.2) is 4.98 Å². The van der Waals surface area contributed by atoms with Gasteiger partial charge in [-0.1, -0.05) is 12.1 Å². The van der Waals surface area contributed by atoms with Gasteiger partial charge in [-0.05, 0) is 38.4 Å². The Morgan fingerprint density at radius 3 is 3.10 bits per heavy atom. The van der Waals surface area contributed by atoms with E-state index in [0.29, 0.717) is 12.5 Å². The molecule has 2 aromatic rings. The van der Waals surface area contributed by atoms with Crippen LogP contribution in [0, 0.1) is 0 Å². The van der Waals surface area contributed by atoms with Crippen molar-refractivity contribution in [2.24, 2.45) is 0 Å². The quantitative estimate of drug-likeness (QED) is 0.932. The van der Waals surface area contributed by atoms with E-state index in [-0.39, 0.29) is 0 Å². The van der Waals surface area contributed by atoms with Crippen LogP contribution in [0.1, 0.15) is 30.7 Å². The van der Waals surface area contributed by atoms with Gasteiger partial charge in [0.15, 0.2) is 0 Å². The molecule has 0 bridgehead atoms. The highest BCUT2D eigenvalue weighted by Gasteiger charge is 2.19. The Morgan fingerprint density at radius 2 is 2.30 bits per heavy atom. The predicted octanol–water partition coefficient (Wildman–Crippen LogP) is 3.68. The summed E-state index contributed by atoms with van der Waals surface area (Å²) >= 11 is 1.77. The van der Waals surface area contributed by atoms with Crippen molar-refractivity contribution in [3.63, 3.8) is 0 Å². The summed E-state index contributed by atoms with van der Waals surface area (Å²) in [6.45, 7) is 4.89. The van der Waals surface area contributed by atoms with Crippen LogP contribution in [-0.2, 0) is 0 Å². The van der Waals surface area contributed by atoms with Crippen molar-refractivity contribution < 1.29 is 4.74 Å². The van der Waals surface area contributed by atoms with Crippen LogP contribution in [0.4, 0.5) is 0 Å². The lowest BCUT2D eigenvalue weighted by Crippen LogP contribution is -2.28. The molecule has 0 amide bonds. The maximum Gasteiger partial charge on any atom is 0.128 e. The third-order valence-electron chi connectivity index (χ3n) is 3.63. The molecule has 1 aromatic carbocycles. The molecule has 1 aliphatic rings. The molecule has 1 fully saturated rings. The minimum atomic E-state index is 0.571. The second-order valence-electron chi connectivity index (χ2n) is 5.04. The summed E-state index contributed by atoms with van der Waals surface area (Å²) in [7, 11) is 0. The molecule has 106 valence electrons. The fourth-order valence-electron chi connectivity index (χ4n) is 2.62. The standard InChI is InChI=1S/C16H20N2OS/c1-2-19-15-8-4-3-7-13(15)14-11-20-16(18-14)12-6-5-9-17-10-12/h3-4,7-8,11-12,17H,2,5-6,9-10H2,1H3. The number of ether oxygens (including phenoxy) is 1. The number of nitrogens with zero attached hydrogens (tertiary/aromatic N) is 1. The van der Waals surface area contributed by atoms with E-state index in [9.17, 15) is 0 Å². The Bertz CT molecular complexity index is 561. The van der Waals surface area contributed by atoms with E-state index in [2.05, 4.69) is 16.8 Å². The summed E-state index contributed by atoms with van der Waals surface area (Å²) < 4.78 is 5.70. The number of hydrogen-bond donors (Lipinski definition) is 1. The van der Waals surface area contributed by atoms with Gasteiger partial charge in [0.1, 0.15) is 5.75 Å². The van der Waals surface area contributed by atoms with Gasteiger partial charge in [-0.15, -0.1) is 11.3 Å². The molecule has 4 heteroatoms. The maximum atomic E-state index is 5.70. The third kappa shape index (κ3) is 2.86. The van der Waals surface area contributed by atoms with Crippen LogP contribution in [0.3, 0.4) is 0 Å². The Morgan fingerprint density at radius 1 is 1.40 bits per heavy atom.